The molecule has 0 radical (unpaired) electrons. The van der Waals surface area contributed by atoms with Crippen LogP contribution in [0.25, 0.3) is 0 Å². The molecule has 1 aromatic rings. The van der Waals surface area contributed by atoms with Crippen molar-refractivity contribution in [3.8, 4) is 0 Å². The van der Waals surface area contributed by atoms with Crippen molar-refractivity contribution in [1.82, 2.24) is 4.90 Å². The predicted octanol–water partition coefficient (Wildman–Crippen LogP) is 2.00. The number of nitrogens with zero attached hydrogens (tertiary/aromatic N) is 1. The molecule has 0 aromatic heterocycles. The van der Waals surface area contributed by atoms with Gasteiger partial charge in [0.1, 0.15) is 5.82 Å². The van der Waals surface area contributed by atoms with Crippen LogP contribution in [0.5, 0.6) is 0 Å². The molecule has 0 aliphatic rings. The van der Waals surface area contributed by atoms with Crippen LogP contribution in [0.1, 0.15) is 26.3 Å². The first-order chi connectivity index (χ1) is 7.81. The van der Waals surface area contributed by atoms with Crippen molar-refractivity contribution in [1.29, 1.82) is 0 Å². The summed E-state index contributed by atoms with van der Waals surface area (Å²) < 4.78 is 12.9. The highest BCUT2D eigenvalue weighted by Crippen LogP contribution is 2.17. The standard InChI is InChI=1S/C13H21FN2O/c1-4-16(9-13(2,3)17)8-10-5-6-11(14)7-12(10)15/h5-7,17H,4,8-9,15H2,1-3H3. The van der Waals surface area contributed by atoms with E-state index in [1.54, 1.807) is 19.9 Å². The Morgan fingerprint density at radius 1 is 1.41 bits per heavy atom. The Kier molecular flexibility index (Phi) is 4.48. The molecule has 0 saturated carbocycles. The highest BCUT2D eigenvalue weighted by molar-refractivity contribution is 5.46. The summed E-state index contributed by atoms with van der Waals surface area (Å²) in [4.78, 5) is 2.07. The molecule has 0 aliphatic heterocycles. The first-order valence-electron chi connectivity index (χ1n) is 5.80. The van der Waals surface area contributed by atoms with Gasteiger partial charge in [-0.3, -0.25) is 4.90 Å². The van der Waals surface area contributed by atoms with Crippen molar-refractivity contribution in [2.24, 2.45) is 0 Å². The maximum Gasteiger partial charge on any atom is 0.125 e. The summed E-state index contributed by atoms with van der Waals surface area (Å²) in [7, 11) is 0. The lowest BCUT2D eigenvalue weighted by molar-refractivity contribution is 0.0354. The SMILES string of the molecule is CCN(Cc1ccc(F)cc1N)CC(C)(C)O. The summed E-state index contributed by atoms with van der Waals surface area (Å²) in [6, 6.07) is 4.43. The van der Waals surface area contributed by atoms with Gasteiger partial charge < -0.3 is 10.8 Å². The van der Waals surface area contributed by atoms with Gasteiger partial charge in [-0.15, -0.1) is 0 Å². The summed E-state index contributed by atoms with van der Waals surface area (Å²) in [6.07, 6.45) is 0. The summed E-state index contributed by atoms with van der Waals surface area (Å²) in [6.45, 7) is 7.53. The van der Waals surface area contributed by atoms with Gasteiger partial charge in [0.15, 0.2) is 0 Å². The molecule has 4 heteroatoms. The molecule has 3 nitrogen and oxygen atoms in total. The molecule has 0 fully saturated rings. The van der Waals surface area contributed by atoms with Gasteiger partial charge >= 0.3 is 0 Å². The minimum atomic E-state index is -0.745. The molecular weight excluding hydrogens is 219 g/mol. The summed E-state index contributed by atoms with van der Waals surface area (Å²) in [5, 5.41) is 9.78. The Morgan fingerprint density at radius 3 is 2.53 bits per heavy atom. The van der Waals surface area contributed by atoms with E-state index in [1.165, 1.54) is 12.1 Å². The molecule has 1 aromatic carbocycles. The Balaban J connectivity index is 2.74. The quantitative estimate of drug-likeness (QED) is 0.774. The van der Waals surface area contributed by atoms with E-state index in [1.807, 2.05) is 6.92 Å². The fourth-order valence-corrected chi connectivity index (χ4v) is 1.78. The second-order valence-corrected chi connectivity index (χ2v) is 4.96. The summed E-state index contributed by atoms with van der Waals surface area (Å²) >= 11 is 0. The maximum absolute atomic E-state index is 12.9. The fraction of sp³-hybridized carbons (Fsp3) is 0.538. The van der Waals surface area contributed by atoms with Crippen molar-refractivity contribution >= 4 is 5.69 Å². The molecular formula is C13H21FN2O. The van der Waals surface area contributed by atoms with E-state index >= 15 is 0 Å². The van der Waals surface area contributed by atoms with E-state index in [0.717, 1.165) is 12.1 Å². The van der Waals surface area contributed by atoms with Gasteiger partial charge in [0, 0.05) is 18.8 Å². The van der Waals surface area contributed by atoms with Gasteiger partial charge in [-0.1, -0.05) is 13.0 Å². The smallest absolute Gasteiger partial charge is 0.125 e. The lowest BCUT2D eigenvalue weighted by Gasteiger charge is -2.28. The van der Waals surface area contributed by atoms with Crippen molar-refractivity contribution in [2.75, 3.05) is 18.8 Å². The van der Waals surface area contributed by atoms with E-state index in [4.69, 9.17) is 5.73 Å². The zero-order valence-electron chi connectivity index (χ0n) is 10.7. The molecule has 0 saturated heterocycles. The molecule has 0 bridgehead atoms. The first-order valence-corrected chi connectivity index (χ1v) is 5.80. The zero-order chi connectivity index (χ0) is 13.1. The number of hydrogen-bond acceptors (Lipinski definition) is 3. The number of nitrogen functional groups attached to an aromatic ring is 1. The number of likely N-dealkylation sites (N-methyl/N-ethyl adjacent to an activating group) is 1. The monoisotopic (exact) mass is 240 g/mol. The lowest BCUT2D eigenvalue weighted by atomic mass is 10.1. The van der Waals surface area contributed by atoms with Crippen LogP contribution in [-0.2, 0) is 6.54 Å². The highest BCUT2D eigenvalue weighted by Gasteiger charge is 2.17. The second kappa shape index (κ2) is 5.47. The molecule has 0 unspecified atom stereocenters. The van der Waals surface area contributed by atoms with E-state index in [2.05, 4.69) is 4.90 Å². The first kappa shape index (κ1) is 13.9. The Labute approximate surface area is 102 Å². The zero-order valence-corrected chi connectivity index (χ0v) is 10.7. The van der Waals surface area contributed by atoms with Crippen LogP contribution in [0.3, 0.4) is 0 Å². The van der Waals surface area contributed by atoms with E-state index in [9.17, 15) is 9.50 Å². The topological polar surface area (TPSA) is 49.5 Å². The second-order valence-electron chi connectivity index (χ2n) is 4.96. The Hall–Kier alpha value is -1.13. The van der Waals surface area contributed by atoms with Crippen molar-refractivity contribution in [3.05, 3.63) is 29.6 Å². The summed E-state index contributed by atoms with van der Waals surface area (Å²) in [5.74, 6) is -0.322. The van der Waals surface area contributed by atoms with E-state index in [0.29, 0.717) is 18.8 Å². The largest absolute Gasteiger partial charge is 0.398 e. The molecule has 0 spiro atoms. The van der Waals surface area contributed by atoms with Crippen molar-refractivity contribution in [3.63, 3.8) is 0 Å². The van der Waals surface area contributed by atoms with Crippen LogP contribution in [0, 0.1) is 5.82 Å². The van der Waals surface area contributed by atoms with E-state index < -0.39 is 5.60 Å². The highest BCUT2D eigenvalue weighted by atomic mass is 19.1. The van der Waals surface area contributed by atoms with Crippen LogP contribution in [0.2, 0.25) is 0 Å². The average Bonchev–Trinajstić information content (AvgIpc) is 2.19. The third-order valence-corrected chi connectivity index (χ3v) is 2.56. The minimum absolute atomic E-state index is 0.322. The van der Waals surface area contributed by atoms with Crippen LogP contribution < -0.4 is 5.73 Å². The third-order valence-electron chi connectivity index (χ3n) is 2.56. The molecule has 1 rings (SSSR count). The molecule has 17 heavy (non-hydrogen) atoms. The summed E-state index contributed by atoms with van der Waals surface area (Å²) in [5.41, 5.74) is 6.36. The number of rotatable bonds is 5. The lowest BCUT2D eigenvalue weighted by Crippen LogP contribution is -2.38. The normalized spacial score (nSPS) is 12.1. The van der Waals surface area contributed by atoms with Gasteiger partial charge in [0.05, 0.1) is 5.60 Å². The number of hydrogen-bond donors (Lipinski definition) is 2. The Bertz CT molecular complexity index is 374. The van der Waals surface area contributed by atoms with Gasteiger partial charge in [-0.25, -0.2) is 4.39 Å². The predicted molar refractivity (Wildman–Crippen MR) is 68.1 cm³/mol. The van der Waals surface area contributed by atoms with Gasteiger partial charge in [0.2, 0.25) is 0 Å². The number of aliphatic hydroxyl groups is 1. The number of halogens is 1. The van der Waals surface area contributed by atoms with Gasteiger partial charge in [0.25, 0.3) is 0 Å². The van der Waals surface area contributed by atoms with Crippen LogP contribution in [0.4, 0.5) is 10.1 Å². The van der Waals surface area contributed by atoms with Crippen molar-refractivity contribution < 1.29 is 9.50 Å². The number of benzene rings is 1. The van der Waals surface area contributed by atoms with E-state index in [-0.39, 0.29) is 5.82 Å². The van der Waals surface area contributed by atoms with Crippen LogP contribution in [-0.4, -0.2) is 28.7 Å². The molecule has 0 amide bonds. The fourth-order valence-electron chi connectivity index (χ4n) is 1.78. The minimum Gasteiger partial charge on any atom is -0.398 e. The molecule has 0 atom stereocenters. The van der Waals surface area contributed by atoms with Crippen LogP contribution >= 0.6 is 0 Å². The van der Waals surface area contributed by atoms with Gasteiger partial charge in [-0.05, 0) is 38.1 Å². The average molecular weight is 240 g/mol. The maximum atomic E-state index is 12.9. The molecule has 0 heterocycles. The molecule has 0 aliphatic carbocycles. The molecule has 96 valence electrons. The number of nitrogens with two attached hydrogens (primary N) is 1. The Morgan fingerprint density at radius 2 is 2.06 bits per heavy atom. The number of anilines is 1. The third kappa shape index (κ3) is 4.71. The van der Waals surface area contributed by atoms with Crippen LogP contribution in [0.15, 0.2) is 18.2 Å². The molecule has 3 N–H and O–H groups in total. The van der Waals surface area contributed by atoms with Gasteiger partial charge in [-0.2, -0.15) is 0 Å². The van der Waals surface area contributed by atoms with Crippen molar-refractivity contribution in [2.45, 2.75) is 32.9 Å².